The second-order valence-corrected chi connectivity index (χ2v) is 6.81. The Morgan fingerprint density at radius 1 is 1.07 bits per heavy atom. The highest BCUT2D eigenvalue weighted by Gasteiger charge is 2.41. The fourth-order valence-electron chi connectivity index (χ4n) is 3.28. The zero-order chi connectivity index (χ0) is 19.4. The van der Waals surface area contributed by atoms with E-state index in [2.05, 4.69) is 5.32 Å². The average Bonchev–Trinajstić information content (AvgIpc) is 2.64. The van der Waals surface area contributed by atoms with Gasteiger partial charge < -0.3 is 15.3 Å². The van der Waals surface area contributed by atoms with Gasteiger partial charge in [-0.2, -0.15) is 0 Å². The summed E-state index contributed by atoms with van der Waals surface area (Å²) in [6, 6.07) is 9.76. The van der Waals surface area contributed by atoms with Crippen molar-refractivity contribution in [3.05, 3.63) is 71.0 Å². The van der Waals surface area contributed by atoms with Gasteiger partial charge >= 0.3 is 0 Å². The number of benzene rings is 2. The maximum atomic E-state index is 13.7. The number of aliphatic hydroxyl groups is 1. The standard InChI is InChI=1S/C20H21F3N2O2/c21-16-5-2-1-4-15(16)11-24-13-20(27)8-3-9-25(19(20)26)12-14-6-7-17(22)18(23)10-14/h1-2,4-7,10,24,27H,3,8-9,11-13H2/t20-/m0/s1. The van der Waals surface area contributed by atoms with Crippen LogP contribution in [0.15, 0.2) is 42.5 Å². The molecule has 4 nitrogen and oxygen atoms in total. The summed E-state index contributed by atoms with van der Waals surface area (Å²) < 4.78 is 40.1. The second kappa shape index (κ2) is 8.10. The van der Waals surface area contributed by atoms with Crippen molar-refractivity contribution in [2.75, 3.05) is 13.1 Å². The van der Waals surface area contributed by atoms with Crippen LogP contribution >= 0.6 is 0 Å². The van der Waals surface area contributed by atoms with Crippen LogP contribution in [0.1, 0.15) is 24.0 Å². The lowest BCUT2D eigenvalue weighted by molar-refractivity contribution is -0.157. The molecule has 1 amide bonds. The first kappa shape index (κ1) is 19.4. The minimum atomic E-state index is -1.61. The fourth-order valence-corrected chi connectivity index (χ4v) is 3.28. The number of amides is 1. The van der Waals surface area contributed by atoms with Gasteiger partial charge in [-0.05, 0) is 36.6 Å². The summed E-state index contributed by atoms with van der Waals surface area (Å²) in [7, 11) is 0. The molecule has 0 saturated carbocycles. The number of carbonyl (C=O) groups is 1. The smallest absolute Gasteiger partial charge is 0.256 e. The van der Waals surface area contributed by atoms with Crippen LogP contribution in [0.3, 0.4) is 0 Å². The molecule has 2 aromatic rings. The molecule has 0 radical (unpaired) electrons. The molecule has 27 heavy (non-hydrogen) atoms. The van der Waals surface area contributed by atoms with E-state index in [1.54, 1.807) is 18.2 Å². The maximum absolute atomic E-state index is 13.7. The van der Waals surface area contributed by atoms with Gasteiger partial charge in [0.1, 0.15) is 5.82 Å². The van der Waals surface area contributed by atoms with Crippen molar-refractivity contribution in [2.45, 2.75) is 31.5 Å². The Morgan fingerprint density at radius 3 is 2.59 bits per heavy atom. The molecule has 0 aromatic heterocycles. The third-order valence-corrected chi connectivity index (χ3v) is 4.75. The first-order valence-electron chi connectivity index (χ1n) is 8.79. The van der Waals surface area contributed by atoms with Crippen LogP contribution in [-0.2, 0) is 17.9 Å². The average molecular weight is 378 g/mol. The Hall–Kier alpha value is -2.38. The van der Waals surface area contributed by atoms with Gasteiger partial charge in [0, 0.05) is 31.7 Å². The molecule has 1 heterocycles. The van der Waals surface area contributed by atoms with Crippen molar-refractivity contribution in [3.63, 3.8) is 0 Å². The van der Waals surface area contributed by atoms with Crippen LogP contribution in [0, 0.1) is 17.5 Å². The number of likely N-dealkylation sites (tertiary alicyclic amines) is 1. The van der Waals surface area contributed by atoms with Crippen LogP contribution in [0.2, 0.25) is 0 Å². The van der Waals surface area contributed by atoms with Crippen molar-refractivity contribution in [1.82, 2.24) is 10.2 Å². The molecule has 1 aliphatic rings. The largest absolute Gasteiger partial charge is 0.379 e. The Labute approximate surface area is 155 Å². The number of hydrogen-bond donors (Lipinski definition) is 2. The Morgan fingerprint density at radius 2 is 1.85 bits per heavy atom. The van der Waals surface area contributed by atoms with Gasteiger partial charge in [0.05, 0.1) is 0 Å². The summed E-state index contributed by atoms with van der Waals surface area (Å²) in [5, 5.41) is 13.7. The molecule has 0 spiro atoms. The highest BCUT2D eigenvalue weighted by atomic mass is 19.2. The van der Waals surface area contributed by atoms with E-state index in [0.29, 0.717) is 24.1 Å². The Bertz CT molecular complexity index is 831. The summed E-state index contributed by atoms with van der Waals surface area (Å²) >= 11 is 0. The third kappa shape index (κ3) is 4.48. The molecule has 0 unspecified atom stereocenters. The van der Waals surface area contributed by atoms with Crippen molar-refractivity contribution < 1.29 is 23.1 Å². The van der Waals surface area contributed by atoms with Gasteiger partial charge in [-0.15, -0.1) is 0 Å². The van der Waals surface area contributed by atoms with Crippen molar-refractivity contribution in [2.24, 2.45) is 0 Å². The van der Waals surface area contributed by atoms with Gasteiger partial charge in [-0.1, -0.05) is 24.3 Å². The van der Waals surface area contributed by atoms with Crippen LogP contribution in [-0.4, -0.2) is 34.6 Å². The normalized spacial score (nSPS) is 20.1. The van der Waals surface area contributed by atoms with Crippen LogP contribution in [0.5, 0.6) is 0 Å². The Kier molecular flexibility index (Phi) is 5.82. The molecule has 0 bridgehead atoms. The lowest BCUT2D eigenvalue weighted by Gasteiger charge is -2.38. The fraction of sp³-hybridized carbons (Fsp3) is 0.350. The number of nitrogens with one attached hydrogen (secondary N) is 1. The monoisotopic (exact) mass is 378 g/mol. The lowest BCUT2D eigenvalue weighted by atomic mass is 9.91. The number of nitrogens with zero attached hydrogens (tertiary/aromatic N) is 1. The number of carbonyl (C=O) groups excluding carboxylic acids is 1. The van der Waals surface area contributed by atoms with E-state index < -0.39 is 23.1 Å². The van der Waals surface area contributed by atoms with Crippen molar-refractivity contribution in [3.8, 4) is 0 Å². The number of halogens is 3. The molecule has 7 heteroatoms. The molecule has 1 aliphatic heterocycles. The SMILES string of the molecule is O=C1N(Cc2ccc(F)c(F)c2)CCC[C@]1(O)CNCc1ccccc1F. The van der Waals surface area contributed by atoms with E-state index in [1.165, 1.54) is 17.0 Å². The molecule has 0 aliphatic carbocycles. The lowest BCUT2D eigenvalue weighted by Crippen LogP contribution is -2.57. The van der Waals surface area contributed by atoms with Crippen LogP contribution < -0.4 is 5.32 Å². The third-order valence-electron chi connectivity index (χ3n) is 4.75. The first-order chi connectivity index (χ1) is 12.9. The zero-order valence-corrected chi connectivity index (χ0v) is 14.7. The zero-order valence-electron chi connectivity index (χ0n) is 14.7. The summed E-state index contributed by atoms with van der Waals surface area (Å²) in [6.45, 7) is 0.680. The van der Waals surface area contributed by atoms with Gasteiger partial charge in [-0.3, -0.25) is 4.79 Å². The number of rotatable bonds is 6. The summed E-state index contributed by atoms with van der Waals surface area (Å²) in [6.07, 6.45) is 0.859. The van der Waals surface area contributed by atoms with Crippen LogP contribution in [0.25, 0.3) is 0 Å². The quantitative estimate of drug-likeness (QED) is 0.813. The van der Waals surface area contributed by atoms with E-state index in [4.69, 9.17) is 0 Å². The second-order valence-electron chi connectivity index (χ2n) is 6.81. The van der Waals surface area contributed by atoms with E-state index in [0.717, 1.165) is 12.1 Å². The molecule has 1 saturated heterocycles. The van der Waals surface area contributed by atoms with Gasteiger partial charge in [0.25, 0.3) is 5.91 Å². The minimum Gasteiger partial charge on any atom is -0.379 e. The number of hydrogen-bond acceptors (Lipinski definition) is 3. The van der Waals surface area contributed by atoms with Crippen LogP contribution in [0.4, 0.5) is 13.2 Å². The summed E-state index contributed by atoms with van der Waals surface area (Å²) in [5.41, 5.74) is -0.712. The highest BCUT2D eigenvalue weighted by Crippen LogP contribution is 2.24. The molecule has 2 N–H and O–H groups in total. The molecule has 3 rings (SSSR count). The van der Waals surface area contributed by atoms with E-state index in [9.17, 15) is 23.1 Å². The molecule has 144 valence electrons. The molecular weight excluding hydrogens is 357 g/mol. The highest BCUT2D eigenvalue weighted by molar-refractivity contribution is 5.86. The topological polar surface area (TPSA) is 52.6 Å². The van der Waals surface area contributed by atoms with Crippen molar-refractivity contribution >= 4 is 5.91 Å². The summed E-state index contributed by atoms with van der Waals surface area (Å²) in [4.78, 5) is 14.1. The minimum absolute atomic E-state index is 0.0194. The molecule has 1 fully saturated rings. The first-order valence-corrected chi connectivity index (χ1v) is 8.79. The van der Waals surface area contributed by atoms with Gasteiger partial charge in [0.15, 0.2) is 17.2 Å². The molecular formula is C20H21F3N2O2. The van der Waals surface area contributed by atoms with Gasteiger partial charge in [-0.25, -0.2) is 13.2 Å². The summed E-state index contributed by atoms with van der Waals surface area (Å²) in [5.74, 6) is -2.75. The van der Waals surface area contributed by atoms with E-state index in [-0.39, 0.29) is 31.9 Å². The maximum Gasteiger partial charge on any atom is 0.256 e. The predicted octanol–water partition coefficient (Wildman–Crippen LogP) is 2.75. The molecule has 1 atom stereocenters. The van der Waals surface area contributed by atoms with Gasteiger partial charge in [0.2, 0.25) is 0 Å². The predicted molar refractivity (Wildman–Crippen MR) is 94.1 cm³/mol. The van der Waals surface area contributed by atoms with E-state index in [1.807, 2.05) is 0 Å². The number of piperidine rings is 1. The van der Waals surface area contributed by atoms with E-state index >= 15 is 0 Å². The van der Waals surface area contributed by atoms with Crippen molar-refractivity contribution in [1.29, 1.82) is 0 Å². The molecule has 2 aromatic carbocycles. The Balaban J connectivity index is 1.62.